The Balaban J connectivity index is 1.67. The molecule has 1 aliphatic rings. The van der Waals surface area contributed by atoms with Crippen molar-refractivity contribution in [3.8, 4) is 17.6 Å². The van der Waals surface area contributed by atoms with E-state index in [1.807, 2.05) is 39.0 Å². The van der Waals surface area contributed by atoms with Crippen molar-refractivity contribution in [2.75, 3.05) is 5.32 Å². The van der Waals surface area contributed by atoms with E-state index in [0.717, 1.165) is 16.6 Å². The zero-order chi connectivity index (χ0) is 21.0. The molecular weight excluding hydrogens is 366 g/mol. The van der Waals surface area contributed by atoms with Crippen molar-refractivity contribution in [2.45, 2.75) is 44.4 Å². The number of benzene rings is 2. The summed E-state index contributed by atoms with van der Waals surface area (Å²) in [5, 5.41) is 32.7. The molecular formula is C23H23N3O3. The molecule has 0 bridgehead atoms. The highest BCUT2D eigenvalue weighted by Gasteiger charge is 2.51. The van der Waals surface area contributed by atoms with Gasteiger partial charge in [-0.05, 0) is 48.7 Å². The first-order chi connectivity index (χ1) is 13.7. The first-order valence-electron chi connectivity index (χ1n) is 9.56. The molecule has 148 valence electrons. The highest BCUT2D eigenvalue weighted by atomic mass is 16.3. The highest BCUT2D eigenvalue weighted by Crippen LogP contribution is 2.50. The number of nitrogens with zero attached hydrogens (tertiary/aromatic N) is 1. The molecule has 1 saturated carbocycles. The predicted octanol–water partition coefficient (Wildman–Crippen LogP) is 4.42. The van der Waals surface area contributed by atoms with Crippen LogP contribution in [0.4, 0.5) is 5.69 Å². The summed E-state index contributed by atoms with van der Waals surface area (Å²) in [5.74, 6) is -0.600. The Morgan fingerprint density at radius 3 is 2.45 bits per heavy atom. The van der Waals surface area contributed by atoms with Crippen molar-refractivity contribution < 1.29 is 15.0 Å². The van der Waals surface area contributed by atoms with Crippen LogP contribution in [0.25, 0.3) is 10.9 Å². The van der Waals surface area contributed by atoms with Crippen molar-refractivity contribution >= 4 is 22.5 Å². The summed E-state index contributed by atoms with van der Waals surface area (Å²) in [4.78, 5) is 16.3. The van der Waals surface area contributed by atoms with Crippen LogP contribution in [-0.2, 0) is 15.6 Å². The van der Waals surface area contributed by atoms with E-state index in [9.17, 15) is 20.3 Å². The lowest BCUT2D eigenvalue weighted by atomic mass is 9.89. The van der Waals surface area contributed by atoms with Crippen LogP contribution in [0.3, 0.4) is 0 Å². The first kappa shape index (κ1) is 18.9. The number of hydrogen-bond donors (Lipinski definition) is 4. The second kappa shape index (κ2) is 6.28. The van der Waals surface area contributed by atoms with Crippen molar-refractivity contribution in [3.63, 3.8) is 0 Å². The Morgan fingerprint density at radius 1 is 1.14 bits per heavy atom. The summed E-state index contributed by atoms with van der Waals surface area (Å²) >= 11 is 0. The molecule has 6 nitrogen and oxygen atoms in total. The second-order valence-corrected chi connectivity index (χ2v) is 8.74. The van der Waals surface area contributed by atoms with Gasteiger partial charge in [0.1, 0.15) is 6.07 Å². The number of phenols is 2. The van der Waals surface area contributed by atoms with E-state index < -0.39 is 5.41 Å². The minimum atomic E-state index is -0.701. The van der Waals surface area contributed by atoms with Crippen molar-refractivity contribution in [1.82, 2.24) is 4.98 Å². The minimum absolute atomic E-state index is 0.160. The number of aromatic amines is 1. The lowest BCUT2D eigenvalue weighted by Gasteiger charge is -2.17. The topological polar surface area (TPSA) is 109 Å². The van der Waals surface area contributed by atoms with E-state index in [1.54, 1.807) is 6.07 Å². The fourth-order valence-corrected chi connectivity index (χ4v) is 3.79. The van der Waals surface area contributed by atoms with E-state index in [1.165, 1.54) is 12.1 Å². The largest absolute Gasteiger partial charge is 0.504 e. The summed E-state index contributed by atoms with van der Waals surface area (Å²) in [6.07, 6.45) is 1.35. The summed E-state index contributed by atoms with van der Waals surface area (Å²) in [6.45, 7) is 6.14. The number of nitrogens with one attached hydrogen (secondary N) is 2. The second-order valence-electron chi connectivity index (χ2n) is 8.74. The van der Waals surface area contributed by atoms with Gasteiger partial charge in [-0.2, -0.15) is 5.26 Å². The number of carbonyl (C=O) groups is 1. The van der Waals surface area contributed by atoms with Crippen LogP contribution < -0.4 is 5.32 Å². The average molecular weight is 389 g/mol. The quantitative estimate of drug-likeness (QED) is 0.497. The number of H-pyrrole nitrogens is 1. The highest BCUT2D eigenvalue weighted by molar-refractivity contribution is 6.03. The number of nitriles is 1. The molecule has 4 N–H and O–H groups in total. The van der Waals surface area contributed by atoms with Crippen LogP contribution >= 0.6 is 0 Å². The maximum atomic E-state index is 13.0. The molecule has 1 heterocycles. The average Bonchev–Trinajstić information content (AvgIpc) is 3.38. The van der Waals surface area contributed by atoms with E-state index in [-0.39, 0.29) is 22.8 Å². The van der Waals surface area contributed by atoms with Gasteiger partial charge >= 0.3 is 0 Å². The summed E-state index contributed by atoms with van der Waals surface area (Å²) in [6, 6.07) is 12.3. The van der Waals surface area contributed by atoms with Gasteiger partial charge in [0.2, 0.25) is 5.91 Å². The number of hydrogen-bond acceptors (Lipinski definition) is 4. The van der Waals surface area contributed by atoms with Gasteiger partial charge in [0.05, 0.1) is 11.0 Å². The van der Waals surface area contributed by atoms with Crippen molar-refractivity contribution in [3.05, 3.63) is 53.2 Å². The van der Waals surface area contributed by atoms with Crippen LogP contribution in [0.2, 0.25) is 0 Å². The summed E-state index contributed by atoms with van der Waals surface area (Å²) < 4.78 is 0. The SMILES string of the molecule is CC(C)(C)c1[nH]c2ccc(NC(=O)C3(c4ccc(O)c(O)c4)CC3)cc2c1C#N. The van der Waals surface area contributed by atoms with Crippen LogP contribution in [0.15, 0.2) is 36.4 Å². The van der Waals surface area contributed by atoms with Crippen LogP contribution in [0.5, 0.6) is 11.5 Å². The van der Waals surface area contributed by atoms with Crippen molar-refractivity contribution in [2.24, 2.45) is 0 Å². The number of anilines is 1. The summed E-state index contributed by atoms with van der Waals surface area (Å²) in [5.41, 5.74) is 2.71. The minimum Gasteiger partial charge on any atom is -0.504 e. The van der Waals surface area contributed by atoms with E-state index >= 15 is 0 Å². The maximum absolute atomic E-state index is 13.0. The number of phenolic OH excluding ortho intramolecular Hbond substituents is 2. The smallest absolute Gasteiger partial charge is 0.235 e. The molecule has 0 unspecified atom stereocenters. The number of carbonyl (C=O) groups excluding carboxylic acids is 1. The molecule has 1 aromatic heterocycles. The number of aromatic hydroxyl groups is 2. The third kappa shape index (κ3) is 3.09. The molecule has 1 amide bonds. The zero-order valence-electron chi connectivity index (χ0n) is 16.6. The van der Waals surface area contributed by atoms with Gasteiger partial charge in [-0.1, -0.05) is 26.8 Å². The standard InChI is InChI=1S/C23H23N3O3/c1-22(2,3)20-16(12-24)15-11-14(5-6-17(15)26-20)25-21(29)23(8-9-23)13-4-7-18(27)19(28)10-13/h4-7,10-11,26-28H,8-9H2,1-3H3,(H,25,29). The Hall–Kier alpha value is -3.46. The molecule has 29 heavy (non-hydrogen) atoms. The van der Waals surface area contributed by atoms with Crippen LogP contribution in [0, 0.1) is 11.3 Å². The Morgan fingerprint density at radius 2 is 1.86 bits per heavy atom. The lowest BCUT2D eigenvalue weighted by Crippen LogP contribution is -2.27. The van der Waals surface area contributed by atoms with Gasteiger partial charge in [0.25, 0.3) is 0 Å². The third-order valence-corrected chi connectivity index (χ3v) is 5.63. The molecule has 0 radical (unpaired) electrons. The van der Waals surface area contributed by atoms with Gasteiger partial charge in [0, 0.05) is 27.7 Å². The van der Waals surface area contributed by atoms with E-state index in [2.05, 4.69) is 16.4 Å². The fraction of sp³-hybridized carbons (Fsp3) is 0.304. The molecule has 2 aromatic carbocycles. The van der Waals surface area contributed by atoms with E-state index in [0.29, 0.717) is 29.7 Å². The molecule has 0 aliphatic heterocycles. The summed E-state index contributed by atoms with van der Waals surface area (Å²) in [7, 11) is 0. The van der Waals surface area contributed by atoms with Gasteiger partial charge < -0.3 is 20.5 Å². The molecule has 3 aromatic rings. The monoisotopic (exact) mass is 389 g/mol. The van der Waals surface area contributed by atoms with Crippen LogP contribution in [0.1, 0.15) is 50.4 Å². The first-order valence-corrected chi connectivity index (χ1v) is 9.56. The Bertz CT molecular complexity index is 1170. The third-order valence-electron chi connectivity index (χ3n) is 5.63. The number of rotatable bonds is 3. The van der Waals surface area contributed by atoms with Gasteiger partial charge in [0.15, 0.2) is 11.5 Å². The molecule has 4 rings (SSSR count). The normalized spacial score (nSPS) is 15.1. The number of fused-ring (bicyclic) bond motifs is 1. The molecule has 0 saturated heterocycles. The predicted molar refractivity (Wildman–Crippen MR) is 111 cm³/mol. The van der Waals surface area contributed by atoms with Gasteiger partial charge in [-0.15, -0.1) is 0 Å². The van der Waals surface area contributed by atoms with Gasteiger partial charge in [-0.25, -0.2) is 0 Å². The fourth-order valence-electron chi connectivity index (χ4n) is 3.79. The molecule has 1 fully saturated rings. The zero-order valence-corrected chi connectivity index (χ0v) is 16.6. The Labute approximate surface area is 168 Å². The Kier molecular flexibility index (Phi) is 4.09. The molecule has 6 heteroatoms. The van der Waals surface area contributed by atoms with Crippen molar-refractivity contribution in [1.29, 1.82) is 5.26 Å². The maximum Gasteiger partial charge on any atom is 0.235 e. The van der Waals surface area contributed by atoms with Gasteiger partial charge in [-0.3, -0.25) is 4.79 Å². The van der Waals surface area contributed by atoms with E-state index in [4.69, 9.17) is 0 Å². The number of amides is 1. The molecule has 0 spiro atoms. The lowest BCUT2D eigenvalue weighted by molar-refractivity contribution is -0.118. The molecule has 0 atom stereocenters. The molecule has 1 aliphatic carbocycles. The van der Waals surface area contributed by atoms with Crippen LogP contribution in [-0.4, -0.2) is 21.1 Å². The number of aromatic nitrogens is 1.